The predicted molar refractivity (Wildman–Crippen MR) is 129 cm³/mol. The Kier molecular flexibility index (Phi) is 8.41. The maximum atomic E-state index is 10.8. The number of aliphatic hydroxyl groups is 2. The van der Waals surface area contributed by atoms with Gasteiger partial charge in [-0.25, -0.2) is 4.90 Å². The Hall–Kier alpha value is -1.38. The van der Waals surface area contributed by atoms with E-state index in [0.717, 1.165) is 18.8 Å². The Bertz CT molecular complexity index is 804. The molecule has 1 aromatic rings. The maximum Gasteiger partial charge on any atom is 0.142 e. The average Bonchev–Trinajstić information content (AvgIpc) is 3.31. The largest absolute Gasteiger partial charge is 0.497 e. The second-order valence-electron chi connectivity index (χ2n) is 9.72. The van der Waals surface area contributed by atoms with Crippen molar-refractivity contribution in [3.05, 3.63) is 29.8 Å². The van der Waals surface area contributed by atoms with Gasteiger partial charge in [-0.1, -0.05) is 12.1 Å². The van der Waals surface area contributed by atoms with Crippen molar-refractivity contribution in [2.75, 3.05) is 54.2 Å². The van der Waals surface area contributed by atoms with Crippen molar-refractivity contribution in [2.24, 2.45) is 5.73 Å². The molecule has 3 aliphatic rings. The number of hydrogen-bond donors (Lipinski definition) is 6. The third-order valence-corrected chi connectivity index (χ3v) is 7.29. The smallest absolute Gasteiger partial charge is 0.142 e. The molecule has 11 nitrogen and oxygen atoms in total. The number of rotatable bonds is 9. The molecule has 0 radical (unpaired) electrons. The van der Waals surface area contributed by atoms with Gasteiger partial charge in [0.1, 0.15) is 30.3 Å². The molecular weight excluding hydrogens is 438 g/mol. The van der Waals surface area contributed by atoms with Gasteiger partial charge < -0.3 is 35.6 Å². The number of benzene rings is 1. The first-order chi connectivity index (χ1) is 16.3. The predicted octanol–water partition coefficient (Wildman–Crippen LogP) is -1.94. The second-order valence-corrected chi connectivity index (χ2v) is 9.72. The van der Waals surface area contributed by atoms with Crippen molar-refractivity contribution in [1.82, 2.24) is 30.7 Å². The molecule has 3 aliphatic heterocycles. The Morgan fingerprint density at radius 3 is 2.88 bits per heavy atom. The number of hydrogen-bond acceptors (Lipinski definition) is 11. The highest BCUT2D eigenvalue weighted by molar-refractivity contribution is 5.30. The van der Waals surface area contributed by atoms with E-state index in [4.69, 9.17) is 15.2 Å². The van der Waals surface area contributed by atoms with E-state index in [1.54, 1.807) is 7.11 Å². The molecule has 0 amide bonds. The molecule has 34 heavy (non-hydrogen) atoms. The molecule has 0 aliphatic carbocycles. The van der Waals surface area contributed by atoms with E-state index in [-0.39, 0.29) is 24.4 Å². The lowest BCUT2D eigenvalue weighted by Gasteiger charge is -2.39. The van der Waals surface area contributed by atoms with E-state index < -0.39 is 24.5 Å². The fourth-order valence-electron chi connectivity index (χ4n) is 5.28. The Balaban J connectivity index is 1.27. The van der Waals surface area contributed by atoms with Crippen LogP contribution in [0.15, 0.2) is 24.3 Å². The Morgan fingerprint density at radius 2 is 2.12 bits per heavy atom. The number of likely N-dealkylation sites (N-methyl/N-ethyl adjacent to an activating group) is 2. The molecular formula is C23H41N7O4. The zero-order chi connectivity index (χ0) is 24.4. The molecule has 0 bridgehead atoms. The molecule has 8 atom stereocenters. The van der Waals surface area contributed by atoms with Gasteiger partial charge in [0.25, 0.3) is 0 Å². The van der Waals surface area contributed by atoms with Crippen LogP contribution < -0.4 is 26.4 Å². The van der Waals surface area contributed by atoms with Crippen LogP contribution in [0.25, 0.3) is 0 Å². The highest BCUT2D eigenvalue weighted by Crippen LogP contribution is 2.31. The van der Waals surface area contributed by atoms with Crippen LogP contribution in [0.1, 0.15) is 18.5 Å². The van der Waals surface area contributed by atoms with Crippen LogP contribution in [0.2, 0.25) is 0 Å². The highest BCUT2D eigenvalue weighted by Gasteiger charge is 2.53. The van der Waals surface area contributed by atoms with Crippen molar-refractivity contribution < 1.29 is 19.7 Å². The van der Waals surface area contributed by atoms with Gasteiger partial charge >= 0.3 is 0 Å². The first-order valence-electron chi connectivity index (χ1n) is 12.1. The van der Waals surface area contributed by atoms with Crippen LogP contribution in [0.4, 0.5) is 0 Å². The van der Waals surface area contributed by atoms with E-state index in [0.29, 0.717) is 19.9 Å². The first kappa shape index (κ1) is 25.7. The van der Waals surface area contributed by atoms with E-state index in [1.165, 1.54) is 5.56 Å². The van der Waals surface area contributed by atoms with E-state index in [1.807, 2.05) is 32.3 Å². The first-order valence-corrected chi connectivity index (χ1v) is 12.1. The number of nitrogens with zero attached hydrogens (tertiary/aromatic N) is 3. The van der Waals surface area contributed by atoms with Crippen LogP contribution >= 0.6 is 0 Å². The zero-order valence-corrected chi connectivity index (χ0v) is 20.6. The summed E-state index contributed by atoms with van der Waals surface area (Å²) in [6.07, 6.45) is -3.21. The number of methoxy groups -OCH3 is 1. The molecule has 3 heterocycles. The summed E-state index contributed by atoms with van der Waals surface area (Å²) in [5, 5.41) is 31.7. The van der Waals surface area contributed by atoms with Gasteiger partial charge in [-0.3, -0.25) is 15.5 Å². The molecule has 0 aromatic heterocycles. The summed E-state index contributed by atoms with van der Waals surface area (Å²) in [6.45, 7) is 5.39. The summed E-state index contributed by atoms with van der Waals surface area (Å²) in [4.78, 5) is 6.33. The lowest BCUT2D eigenvalue weighted by molar-refractivity contribution is -0.107. The normalized spacial score (nSPS) is 35.6. The van der Waals surface area contributed by atoms with Crippen LogP contribution in [0.5, 0.6) is 5.75 Å². The minimum Gasteiger partial charge on any atom is -0.497 e. The molecule has 7 N–H and O–H groups in total. The van der Waals surface area contributed by atoms with Crippen LogP contribution in [0, 0.1) is 0 Å². The van der Waals surface area contributed by atoms with Gasteiger partial charge in [0.2, 0.25) is 0 Å². The van der Waals surface area contributed by atoms with Crippen LogP contribution in [0.3, 0.4) is 0 Å². The average molecular weight is 480 g/mol. The molecule has 4 rings (SSSR count). The number of nitrogens with one attached hydrogen (secondary N) is 3. The lowest BCUT2D eigenvalue weighted by atomic mass is 10.1. The van der Waals surface area contributed by atoms with Gasteiger partial charge in [-0.2, -0.15) is 0 Å². The van der Waals surface area contributed by atoms with E-state index in [9.17, 15) is 10.2 Å². The van der Waals surface area contributed by atoms with Crippen molar-refractivity contribution in [2.45, 2.75) is 55.9 Å². The summed E-state index contributed by atoms with van der Waals surface area (Å²) in [5.74, 6) is 0.848. The van der Waals surface area contributed by atoms with E-state index in [2.05, 4.69) is 43.6 Å². The second kappa shape index (κ2) is 11.1. The summed E-state index contributed by atoms with van der Waals surface area (Å²) in [7, 11) is 5.68. The molecule has 0 saturated carbocycles. The number of nitrogens with two attached hydrogens (primary N) is 1. The topological polar surface area (TPSA) is 131 Å². The minimum absolute atomic E-state index is 0.0492. The highest BCUT2D eigenvalue weighted by atomic mass is 16.6. The number of aliphatic hydroxyl groups excluding tert-OH is 2. The van der Waals surface area contributed by atoms with Gasteiger partial charge in [-0.05, 0) is 38.7 Å². The van der Waals surface area contributed by atoms with Crippen molar-refractivity contribution in [3.8, 4) is 5.75 Å². The third kappa shape index (κ3) is 5.39. The van der Waals surface area contributed by atoms with E-state index >= 15 is 0 Å². The Labute approximate surface area is 202 Å². The summed E-state index contributed by atoms with van der Waals surface area (Å²) in [5.41, 5.74) is 7.42. The van der Waals surface area contributed by atoms with Crippen molar-refractivity contribution in [3.63, 3.8) is 0 Å². The summed E-state index contributed by atoms with van der Waals surface area (Å²) < 4.78 is 11.5. The number of ether oxygens (including phenoxy) is 2. The standard InChI is InChI=1S/C23H41N7O4/c1-14(15-6-5-7-16(10-15)33-4)25-8-9-28(2)11-17-19(31)20(32)23(34-17)30-13-29(3)18-21(24)26-12-27-22(18)30/h5-7,10,14,17-23,25-27,31-32H,8-9,11-13,24H2,1-4H3/t14-,17+,18?,19+,20+,21?,22?,23+/m0/s1. The van der Waals surface area contributed by atoms with Crippen LogP contribution in [-0.4, -0.2) is 122 Å². The molecule has 3 saturated heterocycles. The molecule has 3 fully saturated rings. The van der Waals surface area contributed by atoms with Gasteiger partial charge in [0.05, 0.1) is 32.2 Å². The summed E-state index contributed by atoms with van der Waals surface area (Å²) in [6, 6.07) is 8.29. The molecule has 192 valence electrons. The molecule has 1 aromatic carbocycles. The quantitative estimate of drug-likeness (QED) is 0.236. The SMILES string of the molecule is COc1cccc([C@H](C)NCCN(C)C[C@H]2O[C@@H](N3CN(C)C4C(N)NCNC43)[C@H](O)[C@@H]2O)c1. The van der Waals surface area contributed by atoms with Crippen LogP contribution in [-0.2, 0) is 4.74 Å². The fourth-order valence-corrected chi connectivity index (χ4v) is 5.28. The Morgan fingerprint density at radius 1 is 1.32 bits per heavy atom. The van der Waals surface area contributed by atoms with Crippen molar-refractivity contribution >= 4 is 0 Å². The number of fused-ring (bicyclic) bond motifs is 1. The summed E-state index contributed by atoms with van der Waals surface area (Å²) >= 11 is 0. The van der Waals surface area contributed by atoms with Gasteiger partial charge in [0, 0.05) is 32.3 Å². The molecule has 0 spiro atoms. The fraction of sp³-hybridized carbons (Fsp3) is 0.739. The minimum atomic E-state index is -0.982. The van der Waals surface area contributed by atoms with Crippen molar-refractivity contribution in [1.29, 1.82) is 0 Å². The van der Waals surface area contributed by atoms with Gasteiger partial charge in [0.15, 0.2) is 0 Å². The maximum absolute atomic E-state index is 10.8. The lowest BCUT2D eigenvalue weighted by Crippen LogP contribution is -2.68. The zero-order valence-electron chi connectivity index (χ0n) is 20.6. The third-order valence-electron chi connectivity index (χ3n) is 7.29. The monoisotopic (exact) mass is 479 g/mol. The molecule has 3 unspecified atom stereocenters. The van der Waals surface area contributed by atoms with Gasteiger partial charge in [-0.15, -0.1) is 0 Å². The molecule has 11 heteroatoms.